The summed E-state index contributed by atoms with van der Waals surface area (Å²) in [4.78, 5) is 3.89. The Labute approximate surface area is 120 Å². The van der Waals surface area contributed by atoms with Crippen LogP contribution >= 0.6 is 23.2 Å². The standard InChI is InChI=1S/C15H9Cl2NO/c16-13-6-4-10(5-7-13)11-2-1-3-12(8-11)14-9-18-15(17)19-14/h1-9H. The fourth-order valence-electron chi connectivity index (χ4n) is 1.88. The fourth-order valence-corrected chi connectivity index (χ4v) is 2.14. The Hall–Kier alpha value is -1.77. The van der Waals surface area contributed by atoms with Gasteiger partial charge in [0.1, 0.15) is 0 Å². The summed E-state index contributed by atoms with van der Waals surface area (Å²) < 4.78 is 5.31. The van der Waals surface area contributed by atoms with E-state index in [1.54, 1.807) is 6.20 Å². The van der Waals surface area contributed by atoms with Gasteiger partial charge in [-0.15, -0.1) is 0 Å². The highest BCUT2D eigenvalue weighted by molar-refractivity contribution is 6.30. The molecular formula is C15H9Cl2NO. The van der Waals surface area contributed by atoms with Crippen molar-refractivity contribution >= 4 is 23.2 Å². The van der Waals surface area contributed by atoms with Gasteiger partial charge in [0, 0.05) is 10.6 Å². The van der Waals surface area contributed by atoms with Gasteiger partial charge >= 0.3 is 0 Å². The molecule has 0 N–H and O–H groups in total. The minimum absolute atomic E-state index is 0.145. The molecule has 3 rings (SSSR count). The molecule has 94 valence electrons. The zero-order valence-electron chi connectivity index (χ0n) is 9.81. The van der Waals surface area contributed by atoms with E-state index in [0.717, 1.165) is 21.7 Å². The number of nitrogens with zero attached hydrogens (tertiary/aromatic N) is 1. The molecule has 1 aromatic heterocycles. The molecule has 0 aliphatic rings. The molecule has 2 nitrogen and oxygen atoms in total. The summed E-state index contributed by atoms with van der Waals surface area (Å²) in [6.45, 7) is 0. The van der Waals surface area contributed by atoms with Gasteiger partial charge in [-0.1, -0.05) is 41.9 Å². The fraction of sp³-hybridized carbons (Fsp3) is 0. The average molecular weight is 290 g/mol. The molecule has 0 spiro atoms. The molecule has 0 bridgehead atoms. The molecule has 0 fully saturated rings. The third-order valence-corrected chi connectivity index (χ3v) is 3.23. The summed E-state index contributed by atoms with van der Waals surface area (Å²) in [6, 6.07) is 15.7. The maximum atomic E-state index is 5.89. The Morgan fingerprint density at radius 2 is 1.58 bits per heavy atom. The van der Waals surface area contributed by atoms with E-state index in [1.807, 2.05) is 48.5 Å². The molecule has 4 heteroatoms. The number of rotatable bonds is 2. The van der Waals surface area contributed by atoms with E-state index in [2.05, 4.69) is 4.98 Å². The predicted octanol–water partition coefficient (Wildman–Crippen LogP) is 5.32. The maximum absolute atomic E-state index is 5.89. The van der Waals surface area contributed by atoms with Gasteiger partial charge in [-0.05, 0) is 40.9 Å². The molecule has 0 atom stereocenters. The number of benzene rings is 2. The number of hydrogen-bond acceptors (Lipinski definition) is 2. The minimum Gasteiger partial charge on any atom is -0.428 e. The smallest absolute Gasteiger partial charge is 0.292 e. The second-order valence-corrected chi connectivity index (χ2v) is 4.82. The number of halogens is 2. The third kappa shape index (κ3) is 2.65. The van der Waals surface area contributed by atoms with Crippen LogP contribution in [0.3, 0.4) is 0 Å². The van der Waals surface area contributed by atoms with Crippen molar-refractivity contribution in [3.8, 4) is 22.5 Å². The van der Waals surface area contributed by atoms with Crippen LogP contribution < -0.4 is 0 Å². The number of aromatic nitrogens is 1. The van der Waals surface area contributed by atoms with Crippen molar-refractivity contribution in [3.63, 3.8) is 0 Å². The van der Waals surface area contributed by atoms with Gasteiger partial charge in [-0.3, -0.25) is 0 Å². The van der Waals surface area contributed by atoms with Crippen LogP contribution in [-0.2, 0) is 0 Å². The highest BCUT2D eigenvalue weighted by Crippen LogP contribution is 2.28. The van der Waals surface area contributed by atoms with Gasteiger partial charge in [-0.25, -0.2) is 4.98 Å². The van der Waals surface area contributed by atoms with Crippen molar-refractivity contribution in [2.45, 2.75) is 0 Å². The normalized spacial score (nSPS) is 10.6. The summed E-state index contributed by atoms with van der Waals surface area (Å²) in [7, 11) is 0. The molecule has 1 heterocycles. The van der Waals surface area contributed by atoms with E-state index in [4.69, 9.17) is 27.6 Å². The predicted molar refractivity (Wildman–Crippen MR) is 77.4 cm³/mol. The van der Waals surface area contributed by atoms with Crippen LogP contribution in [-0.4, -0.2) is 4.98 Å². The van der Waals surface area contributed by atoms with Gasteiger partial charge in [0.25, 0.3) is 5.35 Å². The quantitative estimate of drug-likeness (QED) is 0.638. The first kappa shape index (κ1) is 12.3. The second kappa shape index (κ2) is 5.08. The SMILES string of the molecule is Clc1ccc(-c2cccc(-c3cnc(Cl)o3)c2)cc1. The van der Waals surface area contributed by atoms with E-state index in [1.165, 1.54) is 0 Å². The highest BCUT2D eigenvalue weighted by atomic mass is 35.5. The third-order valence-electron chi connectivity index (χ3n) is 2.80. The van der Waals surface area contributed by atoms with E-state index in [-0.39, 0.29) is 5.35 Å². The first-order chi connectivity index (χ1) is 9.22. The van der Waals surface area contributed by atoms with E-state index in [0.29, 0.717) is 5.76 Å². The lowest BCUT2D eigenvalue weighted by atomic mass is 10.0. The molecule has 0 radical (unpaired) electrons. The first-order valence-electron chi connectivity index (χ1n) is 5.70. The van der Waals surface area contributed by atoms with Crippen LogP contribution in [0.15, 0.2) is 59.1 Å². The van der Waals surface area contributed by atoms with Crippen LogP contribution in [0.1, 0.15) is 0 Å². The van der Waals surface area contributed by atoms with Crippen LogP contribution in [0.5, 0.6) is 0 Å². The largest absolute Gasteiger partial charge is 0.428 e. The monoisotopic (exact) mass is 289 g/mol. The summed E-state index contributed by atoms with van der Waals surface area (Å²) in [5, 5.41) is 0.869. The van der Waals surface area contributed by atoms with Crippen LogP contribution in [0.25, 0.3) is 22.5 Å². The van der Waals surface area contributed by atoms with Gasteiger partial charge in [0.05, 0.1) is 6.20 Å². The van der Waals surface area contributed by atoms with Crippen molar-refractivity contribution in [1.29, 1.82) is 0 Å². The lowest BCUT2D eigenvalue weighted by molar-refractivity contribution is 0.574. The molecule has 0 unspecified atom stereocenters. The van der Waals surface area contributed by atoms with Gasteiger partial charge in [-0.2, -0.15) is 0 Å². The van der Waals surface area contributed by atoms with Gasteiger partial charge in [0.15, 0.2) is 5.76 Å². The van der Waals surface area contributed by atoms with Crippen molar-refractivity contribution in [2.24, 2.45) is 0 Å². The summed E-state index contributed by atoms with van der Waals surface area (Å²) in [6.07, 6.45) is 1.61. The lowest BCUT2D eigenvalue weighted by Crippen LogP contribution is -1.79. The molecule has 0 aliphatic heterocycles. The van der Waals surface area contributed by atoms with Crippen LogP contribution in [0.2, 0.25) is 10.4 Å². The molecule has 0 saturated carbocycles. The molecule has 2 aromatic carbocycles. The van der Waals surface area contributed by atoms with Crippen molar-refractivity contribution in [3.05, 3.63) is 65.1 Å². The maximum Gasteiger partial charge on any atom is 0.292 e. The molecule has 3 aromatic rings. The molecule has 0 saturated heterocycles. The Bertz CT molecular complexity index is 704. The van der Waals surface area contributed by atoms with Crippen molar-refractivity contribution in [1.82, 2.24) is 4.98 Å². The Morgan fingerprint density at radius 3 is 2.26 bits per heavy atom. The van der Waals surface area contributed by atoms with E-state index < -0.39 is 0 Å². The first-order valence-corrected chi connectivity index (χ1v) is 6.46. The Balaban J connectivity index is 2.02. The summed E-state index contributed by atoms with van der Waals surface area (Å²) in [5.41, 5.74) is 3.12. The van der Waals surface area contributed by atoms with E-state index >= 15 is 0 Å². The second-order valence-electron chi connectivity index (χ2n) is 4.07. The van der Waals surface area contributed by atoms with Crippen molar-refractivity contribution in [2.75, 3.05) is 0 Å². The minimum atomic E-state index is 0.145. The zero-order chi connectivity index (χ0) is 13.2. The van der Waals surface area contributed by atoms with E-state index in [9.17, 15) is 0 Å². The summed E-state index contributed by atoms with van der Waals surface area (Å²) in [5.74, 6) is 0.654. The van der Waals surface area contributed by atoms with Crippen molar-refractivity contribution < 1.29 is 4.42 Å². The molecule has 19 heavy (non-hydrogen) atoms. The van der Waals surface area contributed by atoms with Gasteiger partial charge < -0.3 is 4.42 Å². The molecular weight excluding hydrogens is 281 g/mol. The molecule has 0 aliphatic carbocycles. The number of oxazole rings is 1. The van der Waals surface area contributed by atoms with Crippen LogP contribution in [0.4, 0.5) is 0 Å². The summed E-state index contributed by atoms with van der Waals surface area (Å²) >= 11 is 11.6. The Morgan fingerprint density at radius 1 is 0.842 bits per heavy atom. The topological polar surface area (TPSA) is 26.0 Å². The number of hydrogen-bond donors (Lipinski definition) is 0. The zero-order valence-corrected chi connectivity index (χ0v) is 11.3. The molecule has 0 amide bonds. The van der Waals surface area contributed by atoms with Crippen LogP contribution in [0, 0.1) is 0 Å². The Kier molecular flexibility index (Phi) is 3.28. The highest BCUT2D eigenvalue weighted by Gasteiger charge is 2.06. The average Bonchev–Trinajstić information content (AvgIpc) is 2.86. The van der Waals surface area contributed by atoms with Gasteiger partial charge in [0.2, 0.25) is 0 Å². The lowest BCUT2D eigenvalue weighted by Gasteiger charge is -2.04.